The third kappa shape index (κ3) is 5.79. The van der Waals surface area contributed by atoms with Gasteiger partial charge in [-0.1, -0.05) is 121 Å². The van der Waals surface area contributed by atoms with Crippen molar-refractivity contribution in [1.82, 2.24) is 19.9 Å². The van der Waals surface area contributed by atoms with Gasteiger partial charge in [-0.15, -0.1) is 0 Å². The average Bonchev–Trinajstić information content (AvgIpc) is 3.19. The van der Waals surface area contributed by atoms with Crippen LogP contribution in [0.4, 0.5) is 0 Å². The van der Waals surface area contributed by atoms with Crippen molar-refractivity contribution < 1.29 is 0 Å². The molecule has 0 amide bonds. The van der Waals surface area contributed by atoms with Crippen molar-refractivity contribution in [1.29, 1.82) is 0 Å². The van der Waals surface area contributed by atoms with Gasteiger partial charge in [-0.3, -0.25) is 19.9 Å². The van der Waals surface area contributed by atoms with E-state index >= 15 is 0 Å². The molecule has 226 valence electrons. The predicted molar refractivity (Wildman–Crippen MR) is 196 cm³/mol. The molecule has 0 atom stereocenters. The molecule has 0 aliphatic heterocycles. The molecule has 0 aliphatic rings. The number of nitrogens with zero attached hydrogens (tertiary/aromatic N) is 4. The molecular formula is C44H30N4. The van der Waals surface area contributed by atoms with Gasteiger partial charge in [0.15, 0.2) is 0 Å². The first-order valence-corrected chi connectivity index (χ1v) is 16.0. The second-order valence-electron chi connectivity index (χ2n) is 11.5. The topological polar surface area (TPSA) is 51.6 Å². The van der Waals surface area contributed by atoms with Crippen LogP contribution in [0.3, 0.4) is 0 Å². The van der Waals surface area contributed by atoms with Crippen LogP contribution in [0.5, 0.6) is 0 Å². The normalized spacial score (nSPS) is 10.9. The van der Waals surface area contributed by atoms with Crippen molar-refractivity contribution in [3.05, 3.63) is 183 Å². The lowest BCUT2D eigenvalue weighted by Gasteiger charge is -2.20. The maximum absolute atomic E-state index is 5.18. The van der Waals surface area contributed by atoms with Gasteiger partial charge in [-0.05, 0) is 47.5 Å². The smallest absolute Gasteiger partial charge is 0.0787 e. The molecule has 0 saturated heterocycles. The van der Waals surface area contributed by atoms with E-state index in [0.717, 1.165) is 78.4 Å². The van der Waals surface area contributed by atoms with Crippen LogP contribution in [0.1, 0.15) is 0 Å². The van der Waals surface area contributed by atoms with Crippen molar-refractivity contribution in [2.24, 2.45) is 0 Å². The highest BCUT2D eigenvalue weighted by Gasteiger charge is 2.21. The Kier molecular flexibility index (Phi) is 7.87. The van der Waals surface area contributed by atoms with E-state index in [2.05, 4.69) is 107 Å². The summed E-state index contributed by atoms with van der Waals surface area (Å²) in [5.41, 5.74) is 14.2. The van der Waals surface area contributed by atoms with E-state index in [1.54, 1.807) is 0 Å². The number of hydrogen-bond acceptors (Lipinski definition) is 4. The molecule has 4 aromatic heterocycles. The number of hydrogen-bond donors (Lipinski definition) is 0. The Hall–Kier alpha value is -6.52. The van der Waals surface area contributed by atoms with Crippen molar-refractivity contribution in [2.75, 3.05) is 0 Å². The monoisotopic (exact) mass is 614 g/mol. The minimum Gasteiger partial charge on any atom is -0.256 e. The van der Waals surface area contributed by atoms with Gasteiger partial charge in [0, 0.05) is 69.3 Å². The Balaban J connectivity index is 1.38. The third-order valence-electron chi connectivity index (χ3n) is 8.52. The highest BCUT2D eigenvalue weighted by molar-refractivity contribution is 6.00. The summed E-state index contributed by atoms with van der Waals surface area (Å²) in [6, 6.07) is 54.2. The van der Waals surface area contributed by atoms with Crippen molar-refractivity contribution in [2.45, 2.75) is 0 Å². The molecule has 0 spiro atoms. The fourth-order valence-corrected chi connectivity index (χ4v) is 6.17. The van der Waals surface area contributed by atoms with E-state index in [4.69, 9.17) is 9.97 Å². The first-order valence-electron chi connectivity index (χ1n) is 16.0. The zero-order valence-electron chi connectivity index (χ0n) is 26.1. The molecule has 4 nitrogen and oxygen atoms in total. The summed E-state index contributed by atoms with van der Waals surface area (Å²) in [6.07, 6.45) is 7.62. The van der Waals surface area contributed by atoms with E-state index in [1.165, 1.54) is 0 Å². The van der Waals surface area contributed by atoms with Gasteiger partial charge in [0.05, 0.1) is 22.8 Å². The van der Waals surface area contributed by atoms with Crippen LogP contribution in [0.25, 0.3) is 78.4 Å². The molecule has 4 heterocycles. The van der Waals surface area contributed by atoms with Gasteiger partial charge in [0.1, 0.15) is 0 Å². The maximum atomic E-state index is 5.18. The Morgan fingerprint density at radius 3 is 1.48 bits per heavy atom. The van der Waals surface area contributed by atoms with E-state index in [0.29, 0.717) is 0 Å². The molecule has 0 aliphatic carbocycles. The lowest BCUT2D eigenvalue weighted by Crippen LogP contribution is -1.98. The van der Waals surface area contributed by atoms with Crippen LogP contribution in [0, 0.1) is 0 Å². The van der Waals surface area contributed by atoms with E-state index in [1.807, 2.05) is 85.5 Å². The van der Waals surface area contributed by atoms with Crippen LogP contribution < -0.4 is 0 Å². The molecule has 0 radical (unpaired) electrons. The maximum Gasteiger partial charge on any atom is 0.0787 e. The zero-order chi connectivity index (χ0) is 32.1. The van der Waals surface area contributed by atoms with Gasteiger partial charge in [-0.2, -0.15) is 0 Å². The number of rotatable bonds is 7. The molecular weight excluding hydrogens is 585 g/mol. The van der Waals surface area contributed by atoms with Crippen LogP contribution in [0.15, 0.2) is 183 Å². The van der Waals surface area contributed by atoms with Crippen molar-refractivity contribution in [3.63, 3.8) is 0 Å². The minimum atomic E-state index is 0.914. The van der Waals surface area contributed by atoms with Gasteiger partial charge in [0.25, 0.3) is 0 Å². The summed E-state index contributed by atoms with van der Waals surface area (Å²) >= 11 is 0. The number of benzene rings is 4. The first-order chi connectivity index (χ1) is 23.8. The molecule has 48 heavy (non-hydrogen) atoms. The summed E-state index contributed by atoms with van der Waals surface area (Å²) in [5.74, 6) is 0. The van der Waals surface area contributed by atoms with Crippen LogP contribution in [-0.4, -0.2) is 19.9 Å². The fourth-order valence-electron chi connectivity index (χ4n) is 6.17. The quantitative estimate of drug-likeness (QED) is 0.179. The number of pyridine rings is 4. The molecule has 0 unspecified atom stereocenters. The molecule has 4 heteroatoms. The van der Waals surface area contributed by atoms with Crippen LogP contribution >= 0.6 is 0 Å². The molecule has 4 aromatic carbocycles. The van der Waals surface area contributed by atoms with Gasteiger partial charge < -0.3 is 0 Å². The Bertz CT molecular complexity index is 2290. The molecule has 0 bridgehead atoms. The number of aromatic nitrogens is 4. The third-order valence-corrected chi connectivity index (χ3v) is 8.52. The largest absolute Gasteiger partial charge is 0.256 e. The second kappa shape index (κ2) is 13.1. The SMILES string of the molecule is c1ccc(-c2ccc(-c3cnc(-c4ccccc4)c(-c4ccc(-c5ccccn5)cc4)c3-c3cccc(-c4ccccn4)c3)cn2)cc1. The Labute approximate surface area is 280 Å². The Morgan fingerprint density at radius 2 is 0.833 bits per heavy atom. The van der Waals surface area contributed by atoms with Crippen molar-refractivity contribution >= 4 is 0 Å². The highest BCUT2D eigenvalue weighted by atomic mass is 14.7. The van der Waals surface area contributed by atoms with Crippen molar-refractivity contribution in [3.8, 4) is 78.4 Å². The second-order valence-corrected chi connectivity index (χ2v) is 11.5. The standard InChI is InChI=1S/C44H30N4/c1-3-12-31(13-4-1)41-25-24-37(29-47-41)38-30-48-44(34-14-5-2-6-15-34)43(33-22-20-32(21-23-33)39-18-7-9-26-45-39)42(38)36-17-11-16-35(28-36)40-19-8-10-27-46-40/h1-30H. The molecule has 8 aromatic rings. The summed E-state index contributed by atoms with van der Waals surface area (Å²) in [5, 5.41) is 0. The Morgan fingerprint density at radius 1 is 0.292 bits per heavy atom. The van der Waals surface area contributed by atoms with Gasteiger partial charge in [-0.25, -0.2) is 0 Å². The lowest BCUT2D eigenvalue weighted by molar-refractivity contribution is 1.29. The predicted octanol–water partition coefficient (Wildman–Crippen LogP) is 10.9. The van der Waals surface area contributed by atoms with Crippen LogP contribution in [-0.2, 0) is 0 Å². The zero-order valence-corrected chi connectivity index (χ0v) is 26.1. The van der Waals surface area contributed by atoms with E-state index < -0.39 is 0 Å². The lowest BCUT2D eigenvalue weighted by atomic mass is 9.85. The summed E-state index contributed by atoms with van der Waals surface area (Å²) in [4.78, 5) is 19.3. The highest BCUT2D eigenvalue weighted by Crippen LogP contribution is 2.45. The fraction of sp³-hybridized carbons (Fsp3) is 0. The summed E-state index contributed by atoms with van der Waals surface area (Å²) in [6.45, 7) is 0. The van der Waals surface area contributed by atoms with E-state index in [9.17, 15) is 0 Å². The van der Waals surface area contributed by atoms with Gasteiger partial charge in [0.2, 0.25) is 0 Å². The molecule has 0 N–H and O–H groups in total. The molecule has 0 saturated carbocycles. The summed E-state index contributed by atoms with van der Waals surface area (Å²) in [7, 11) is 0. The minimum absolute atomic E-state index is 0.914. The first kappa shape index (κ1) is 28.9. The summed E-state index contributed by atoms with van der Waals surface area (Å²) < 4.78 is 0. The van der Waals surface area contributed by atoms with Gasteiger partial charge >= 0.3 is 0 Å². The molecule has 0 fully saturated rings. The van der Waals surface area contributed by atoms with Crippen LogP contribution in [0.2, 0.25) is 0 Å². The van der Waals surface area contributed by atoms with E-state index in [-0.39, 0.29) is 0 Å². The average molecular weight is 615 g/mol. The molecule has 8 rings (SSSR count).